The Kier molecular flexibility index (Phi) is 1.24. The van der Waals surface area contributed by atoms with Crippen molar-refractivity contribution in [3.8, 4) is 0 Å². The molecule has 3 heteroatoms. The number of ether oxygens (including phenoxy) is 1. The van der Waals surface area contributed by atoms with Crippen LogP contribution in [-0.4, -0.2) is 23.3 Å². The van der Waals surface area contributed by atoms with Gasteiger partial charge in [0.2, 0.25) is 0 Å². The van der Waals surface area contributed by atoms with Gasteiger partial charge in [-0.1, -0.05) is 0 Å². The highest BCUT2D eigenvalue weighted by atomic mass is 16.6. The first-order valence-corrected chi connectivity index (χ1v) is 2.93. The number of hydrogen-bond acceptors (Lipinski definition) is 3. The topological polar surface area (TPSA) is 46.5 Å². The Morgan fingerprint density at radius 2 is 2.44 bits per heavy atom. The summed E-state index contributed by atoms with van der Waals surface area (Å²) in [5.41, 5.74) is -0.947. The van der Waals surface area contributed by atoms with Gasteiger partial charge in [-0.05, 0) is 13.8 Å². The zero-order chi connectivity index (χ0) is 7.07. The van der Waals surface area contributed by atoms with Crippen molar-refractivity contribution < 1.29 is 14.6 Å². The number of carbonyl (C=O) groups excluding carboxylic acids is 1. The first kappa shape index (κ1) is 6.55. The second-order valence-corrected chi connectivity index (χ2v) is 2.69. The Morgan fingerprint density at radius 1 is 1.89 bits per heavy atom. The molecule has 0 radical (unpaired) electrons. The van der Waals surface area contributed by atoms with Crippen LogP contribution in [0, 0.1) is 5.92 Å². The standard InChI is InChI=1S/C6H10O3/c1-4-5(7)9-3-6(4,2)8/h4,8H,3H2,1-2H3/t4-,6-/m1/s1. The minimum atomic E-state index is -0.947. The Bertz CT molecular complexity index is 139. The summed E-state index contributed by atoms with van der Waals surface area (Å²) in [7, 11) is 0. The van der Waals surface area contributed by atoms with Crippen LogP contribution in [0.3, 0.4) is 0 Å². The third-order valence-corrected chi connectivity index (χ3v) is 1.79. The predicted molar refractivity (Wildman–Crippen MR) is 30.7 cm³/mol. The largest absolute Gasteiger partial charge is 0.462 e. The van der Waals surface area contributed by atoms with Crippen molar-refractivity contribution in [3.63, 3.8) is 0 Å². The number of carbonyl (C=O) groups is 1. The Morgan fingerprint density at radius 3 is 2.56 bits per heavy atom. The van der Waals surface area contributed by atoms with Crippen LogP contribution < -0.4 is 0 Å². The van der Waals surface area contributed by atoms with Gasteiger partial charge in [-0.25, -0.2) is 0 Å². The first-order chi connectivity index (χ1) is 4.04. The van der Waals surface area contributed by atoms with Crippen LogP contribution in [0.15, 0.2) is 0 Å². The van der Waals surface area contributed by atoms with E-state index in [1.807, 2.05) is 0 Å². The van der Waals surface area contributed by atoms with E-state index in [4.69, 9.17) is 0 Å². The molecule has 52 valence electrons. The van der Waals surface area contributed by atoms with Crippen LogP contribution in [0.25, 0.3) is 0 Å². The Labute approximate surface area is 53.6 Å². The van der Waals surface area contributed by atoms with Crippen molar-refractivity contribution in [1.29, 1.82) is 0 Å². The SMILES string of the molecule is C[C@@H]1C(=O)OC[C@@]1(C)O. The molecular weight excluding hydrogens is 120 g/mol. The van der Waals surface area contributed by atoms with Crippen LogP contribution >= 0.6 is 0 Å². The molecule has 0 aromatic carbocycles. The van der Waals surface area contributed by atoms with Gasteiger partial charge in [0, 0.05) is 0 Å². The summed E-state index contributed by atoms with van der Waals surface area (Å²) in [5, 5.41) is 9.29. The molecule has 0 bridgehead atoms. The molecule has 1 saturated heterocycles. The van der Waals surface area contributed by atoms with Crippen LogP contribution in [0.5, 0.6) is 0 Å². The molecular formula is C6H10O3. The van der Waals surface area contributed by atoms with Crippen LogP contribution in [0.2, 0.25) is 0 Å². The summed E-state index contributed by atoms with van der Waals surface area (Å²) in [6.45, 7) is 3.39. The lowest BCUT2D eigenvalue weighted by Crippen LogP contribution is -2.32. The molecule has 1 N–H and O–H groups in total. The average molecular weight is 130 g/mol. The van der Waals surface area contributed by atoms with Crippen molar-refractivity contribution in [2.45, 2.75) is 19.4 Å². The quantitative estimate of drug-likeness (QED) is 0.467. The first-order valence-electron chi connectivity index (χ1n) is 2.93. The smallest absolute Gasteiger partial charge is 0.311 e. The van der Waals surface area contributed by atoms with Gasteiger partial charge in [-0.15, -0.1) is 0 Å². The van der Waals surface area contributed by atoms with Gasteiger partial charge >= 0.3 is 5.97 Å². The second-order valence-electron chi connectivity index (χ2n) is 2.69. The van der Waals surface area contributed by atoms with E-state index in [9.17, 15) is 9.90 Å². The van der Waals surface area contributed by atoms with Gasteiger partial charge < -0.3 is 9.84 Å². The van der Waals surface area contributed by atoms with Crippen LogP contribution in [-0.2, 0) is 9.53 Å². The van der Waals surface area contributed by atoms with E-state index in [-0.39, 0.29) is 18.5 Å². The molecule has 1 rings (SSSR count). The minimum absolute atomic E-state index is 0.132. The summed E-state index contributed by atoms with van der Waals surface area (Å²) in [6, 6.07) is 0. The summed E-state index contributed by atoms with van der Waals surface area (Å²) < 4.78 is 4.59. The van der Waals surface area contributed by atoms with E-state index < -0.39 is 5.60 Å². The lowest BCUT2D eigenvalue weighted by molar-refractivity contribution is -0.140. The van der Waals surface area contributed by atoms with E-state index in [2.05, 4.69) is 4.74 Å². The van der Waals surface area contributed by atoms with E-state index in [1.165, 1.54) is 0 Å². The van der Waals surface area contributed by atoms with E-state index in [1.54, 1.807) is 13.8 Å². The molecule has 0 saturated carbocycles. The van der Waals surface area contributed by atoms with Gasteiger partial charge in [0.25, 0.3) is 0 Å². The molecule has 0 unspecified atom stereocenters. The zero-order valence-electron chi connectivity index (χ0n) is 5.55. The fourth-order valence-electron chi connectivity index (χ4n) is 0.721. The van der Waals surface area contributed by atoms with Crippen molar-refractivity contribution in [2.75, 3.05) is 6.61 Å². The Balaban J connectivity index is 2.73. The van der Waals surface area contributed by atoms with E-state index in [0.29, 0.717) is 0 Å². The number of aliphatic hydroxyl groups is 1. The van der Waals surface area contributed by atoms with Gasteiger partial charge in [-0.3, -0.25) is 4.79 Å². The van der Waals surface area contributed by atoms with Crippen molar-refractivity contribution in [3.05, 3.63) is 0 Å². The lowest BCUT2D eigenvalue weighted by atomic mass is 9.95. The van der Waals surface area contributed by atoms with Crippen molar-refractivity contribution in [1.82, 2.24) is 0 Å². The number of hydrogen-bond donors (Lipinski definition) is 1. The van der Waals surface area contributed by atoms with Crippen LogP contribution in [0.4, 0.5) is 0 Å². The van der Waals surface area contributed by atoms with Gasteiger partial charge in [0.1, 0.15) is 12.2 Å². The summed E-state index contributed by atoms with van der Waals surface area (Å²) in [6.07, 6.45) is 0. The maximum absolute atomic E-state index is 10.6. The molecule has 0 aromatic heterocycles. The maximum Gasteiger partial charge on any atom is 0.311 e. The predicted octanol–water partition coefficient (Wildman–Crippen LogP) is -0.0697. The van der Waals surface area contributed by atoms with Crippen molar-refractivity contribution >= 4 is 5.97 Å². The number of rotatable bonds is 0. The fourth-order valence-corrected chi connectivity index (χ4v) is 0.721. The summed E-state index contributed by atoms with van der Waals surface area (Å²) >= 11 is 0. The molecule has 0 amide bonds. The normalized spacial score (nSPS) is 43.0. The fraction of sp³-hybridized carbons (Fsp3) is 0.833. The van der Waals surface area contributed by atoms with Gasteiger partial charge in [0.05, 0.1) is 5.92 Å². The number of cyclic esters (lactones) is 1. The molecule has 1 aliphatic rings. The molecule has 0 spiro atoms. The van der Waals surface area contributed by atoms with E-state index >= 15 is 0 Å². The molecule has 1 heterocycles. The third-order valence-electron chi connectivity index (χ3n) is 1.79. The van der Waals surface area contributed by atoms with Gasteiger partial charge in [-0.2, -0.15) is 0 Å². The molecule has 3 nitrogen and oxygen atoms in total. The summed E-state index contributed by atoms with van der Waals surface area (Å²) in [4.78, 5) is 10.6. The summed E-state index contributed by atoms with van der Waals surface area (Å²) in [5.74, 6) is -0.683. The highest BCUT2D eigenvalue weighted by molar-refractivity contribution is 5.75. The molecule has 9 heavy (non-hydrogen) atoms. The molecule has 0 aliphatic carbocycles. The monoisotopic (exact) mass is 130 g/mol. The third kappa shape index (κ3) is 0.920. The molecule has 2 atom stereocenters. The zero-order valence-corrected chi connectivity index (χ0v) is 5.55. The second kappa shape index (κ2) is 1.70. The van der Waals surface area contributed by atoms with E-state index in [0.717, 1.165) is 0 Å². The average Bonchev–Trinajstić information content (AvgIpc) is 1.97. The molecule has 0 aromatic rings. The molecule has 1 aliphatic heterocycles. The maximum atomic E-state index is 10.6. The lowest BCUT2D eigenvalue weighted by Gasteiger charge is -2.15. The highest BCUT2D eigenvalue weighted by Crippen LogP contribution is 2.24. The van der Waals surface area contributed by atoms with Crippen molar-refractivity contribution in [2.24, 2.45) is 5.92 Å². The Hall–Kier alpha value is -0.570. The molecule has 1 fully saturated rings. The minimum Gasteiger partial charge on any atom is -0.462 e. The number of esters is 1. The highest BCUT2D eigenvalue weighted by Gasteiger charge is 2.42. The van der Waals surface area contributed by atoms with Crippen LogP contribution in [0.1, 0.15) is 13.8 Å². The van der Waals surface area contributed by atoms with Gasteiger partial charge in [0.15, 0.2) is 0 Å².